The van der Waals surface area contributed by atoms with Gasteiger partial charge in [0.15, 0.2) is 11.5 Å². The van der Waals surface area contributed by atoms with E-state index >= 15 is 0 Å². The third-order valence-electron chi connectivity index (χ3n) is 4.25. The number of para-hydroxylation sites is 1. The summed E-state index contributed by atoms with van der Waals surface area (Å²) in [6.45, 7) is 1.93. The van der Waals surface area contributed by atoms with Crippen molar-refractivity contribution in [2.75, 3.05) is 26.4 Å². The molecular weight excluding hydrogens is 296 g/mol. The summed E-state index contributed by atoms with van der Waals surface area (Å²) < 4.78 is 10.7. The zero-order valence-corrected chi connectivity index (χ0v) is 13.2. The van der Waals surface area contributed by atoms with E-state index in [-0.39, 0.29) is 25.2 Å². The van der Waals surface area contributed by atoms with Gasteiger partial charge in [-0.15, -0.1) is 0 Å². The average molecular weight is 318 g/mol. The number of fused-ring (bicyclic) bond motifs is 1. The molecule has 6 heteroatoms. The van der Waals surface area contributed by atoms with Crippen LogP contribution in [-0.4, -0.2) is 43.1 Å². The van der Waals surface area contributed by atoms with Crippen molar-refractivity contribution in [2.24, 2.45) is 0 Å². The van der Waals surface area contributed by atoms with E-state index in [4.69, 9.17) is 9.47 Å². The molecule has 0 spiro atoms. The Morgan fingerprint density at radius 3 is 2.78 bits per heavy atom. The maximum absolute atomic E-state index is 12.0. The lowest BCUT2D eigenvalue weighted by atomic mass is 10.1. The van der Waals surface area contributed by atoms with Gasteiger partial charge in [0.1, 0.15) is 0 Å². The van der Waals surface area contributed by atoms with Crippen LogP contribution in [0.4, 0.5) is 0 Å². The largest absolute Gasteiger partial charge is 0.454 e. The number of carbonyl (C=O) groups excluding carboxylic acids is 2. The fourth-order valence-electron chi connectivity index (χ4n) is 2.95. The van der Waals surface area contributed by atoms with E-state index in [1.165, 1.54) is 6.42 Å². The Bertz CT molecular complexity index is 582. The number of nitrogens with zero attached hydrogens (tertiary/aromatic N) is 1. The summed E-state index contributed by atoms with van der Waals surface area (Å²) in [5.74, 6) is 1.34. The molecule has 0 radical (unpaired) electrons. The van der Waals surface area contributed by atoms with Crippen LogP contribution in [0.3, 0.4) is 0 Å². The third-order valence-corrected chi connectivity index (χ3v) is 4.25. The number of carbonyl (C=O) groups is 2. The molecule has 6 nitrogen and oxygen atoms in total. The lowest BCUT2D eigenvalue weighted by Crippen LogP contribution is -2.42. The molecule has 0 bridgehead atoms. The highest BCUT2D eigenvalue weighted by Crippen LogP contribution is 2.35. The van der Waals surface area contributed by atoms with Gasteiger partial charge in [-0.2, -0.15) is 0 Å². The first-order chi connectivity index (χ1) is 11.2. The SMILES string of the molecule is O=C(CCc1cccc2c1OCO2)NCC(=O)N1CCCCC1. The van der Waals surface area contributed by atoms with Crippen LogP contribution in [0.1, 0.15) is 31.2 Å². The van der Waals surface area contributed by atoms with E-state index in [1.54, 1.807) is 0 Å². The number of benzene rings is 1. The van der Waals surface area contributed by atoms with Crippen molar-refractivity contribution in [3.05, 3.63) is 23.8 Å². The van der Waals surface area contributed by atoms with Crippen LogP contribution in [0.15, 0.2) is 18.2 Å². The fraction of sp³-hybridized carbons (Fsp3) is 0.529. The molecule has 0 aromatic heterocycles. The summed E-state index contributed by atoms with van der Waals surface area (Å²) in [6.07, 6.45) is 4.19. The number of likely N-dealkylation sites (tertiary alicyclic amines) is 1. The summed E-state index contributed by atoms with van der Waals surface area (Å²) >= 11 is 0. The number of hydrogen-bond acceptors (Lipinski definition) is 4. The highest BCUT2D eigenvalue weighted by molar-refractivity contribution is 5.84. The van der Waals surface area contributed by atoms with E-state index in [9.17, 15) is 9.59 Å². The third kappa shape index (κ3) is 3.94. The van der Waals surface area contributed by atoms with Crippen molar-refractivity contribution < 1.29 is 19.1 Å². The van der Waals surface area contributed by atoms with Crippen molar-refractivity contribution in [1.29, 1.82) is 0 Å². The standard InChI is InChI=1S/C17H22N2O4/c20-15(18-11-16(21)19-9-2-1-3-10-19)8-7-13-5-4-6-14-17(13)23-12-22-14/h4-6H,1-3,7-12H2,(H,18,20). The number of nitrogens with one attached hydrogen (secondary N) is 1. The molecule has 1 fully saturated rings. The Kier molecular flexibility index (Phi) is 5.00. The number of amides is 2. The zero-order chi connectivity index (χ0) is 16.1. The van der Waals surface area contributed by atoms with Gasteiger partial charge in [-0.1, -0.05) is 12.1 Å². The van der Waals surface area contributed by atoms with Crippen LogP contribution in [0.5, 0.6) is 11.5 Å². The molecule has 1 N–H and O–H groups in total. The second-order valence-corrected chi connectivity index (χ2v) is 5.87. The van der Waals surface area contributed by atoms with Crippen LogP contribution >= 0.6 is 0 Å². The van der Waals surface area contributed by atoms with Gasteiger partial charge in [0.05, 0.1) is 6.54 Å². The lowest BCUT2D eigenvalue weighted by Gasteiger charge is -2.26. The van der Waals surface area contributed by atoms with Gasteiger partial charge in [-0.05, 0) is 37.3 Å². The minimum atomic E-state index is -0.119. The van der Waals surface area contributed by atoms with Crippen molar-refractivity contribution in [1.82, 2.24) is 10.2 Å². The zero-order valence-electron chi connectivity index (χ0n) is 13.2. The second-order valence-electron chi connectivity index (χ2n) is 5.87. The van der Waals surface area contributed by atoms with Gasteiger partial charge < -0.3 is 19.7 Å². The average Bonchev–Trinajstić information content (AvgIpc) is 3.07. The molecular formula is C17H22N2O4. The topological polar surface area (TPSA) is 67.9 Å². The maximum Gasteiger partial charge on any atom is 0.241 e. The van der Waals surface area contributed by atoms with Crippen molar-refractivity contribution in [3.63, 3.8) is 0 Å². The van der Waals surface area contributed by atoms with Crippen molar-refractivity contribution in [2.45, 2.75) is 32.1 Å². The monoisotopic (exact) mass is 318 g/mol. The summed E-state index contributed by atoms with van der Waals surface area (Å²) in [5.41, 5.74) is 0.956. The van der Waals surface area contributed by atoms with E-state index in [0.717, 1.165) is 43.0 Å². The van der Waals surface area contributed by atoms with E-state index in [2.05, 4.69) is 5.32 Å². The summed E-state index contributed by atoms with van der Waals surface area (Å²) in [7, 11) is 0. The molecule has 2 aliphatic heterocycles. The van der Waals surface area contributed by atoms with Crippen molar-refractivity contribution in [3.8, 4) is 11.5 Å². The molecule has 124 valence electrons. The van der Waals surface area contributed by atoms with Gasteiger partial charge in [0, 0.05) is 19.5 Å². The van der Waals surface area contributed by atoms with Crippen LogP contribution in [0.2, 0.25) is 0 Å². The normalized spacial score (nSPS) is 16.3. The molecule has 0 saturated carbocycles. The predicted octanol–water partition coefficient (Wildman–Crippen LogP) is 1.48. The molecule has 2 amide bonds. The quantitative estimate of drug-likeness (QED) is 0.893. The first-order valence-electron chi connectivity index (χ1n) is 8.16. The Hall–Kier alpha value is -2.24. The highest BCUT2D eigenvalue weighted by atomic mass is 16.7. The molecule has 0 aliphatic carbocycles. The summed E-state index contributed by atoms with van der Waals surface area (Å²) in [4.78, 5) is 25.8. The number of piperidine rings is 1. The smallest absolute Gasteiger partial charge is 0.241 e. The van der Waals surface area contributed by atoms with Crippen molar-refractivity contribution >= 4 is 11.8 Å². The fourth-order valence-corrected chi connectivity index (χ4v) is 2.95. The lowest BCUT2D eigenvalue weighted by molar-refractivity contribution is -0.133. The van der Waals surface area contributed by atoms with E-state index in [0.29, 0.717) is 12.8 Å². The molecule has 0 atom stereocenters. The maximum atomic E-state index is 12.0. The second kappa shape index (κ2) is 7.35. The molecule has 1 aromatic rings. The molecule has 0 unspecified atom stereocenters. The minimum absolute atomic E-state index is 0.00962. The predicted molar refractivity (Wildman–Crippen MR) is 84.3 cm³/mol. The Morgan fingerprint density at radius 2 is 1.96 bits per heavy atom. The number of aryl methyl sites for hydroxylation is 1. The van der Waals surface area contributed by atoms with Gasteiger partial charge in [-0.25, -0.2) is 0 Å². The summed E-state index contributed by atoms with van der Waals surface area (Å²) in [6, 6.07) is 5.67. The number of rotatable bonds is 5. The van der Waals surface area contributed by atoms with E-state index < -0.39 is 0 Å². The van der Waals surface area contributed by atoms with Crippen LogP contribution < -0.4 is 14.8 Å². The van der Waals surface area contributed by atoms with Crippen LogP contribution in [0, 0.1) is 0 Å². The van der Waals surface area contributed by atoms with Crippen LogP contribution in [0.25, 0.3) is 0 Å². The Labute approximate surface area is 135 Å². The molecule has 1 aromatic carbocycles. The molecule has 2 aliphatic rings. The first kappa shape index (κ1) is 15.6. The summed E-state index contributed by atoms with van der Waals surface area (Å²) in [5, 5.41) is 2.72. The minimum Gasteiger partial charge on any atom is -0.454 e. The van der Waals surface area contributed by atoms with Gasteiger partial charge in [0.2, 0.25) is 18.6 Å². The first-order valence-corrected chi connectivity index (χ1v) is 8.16. The number of ether oxygens (including phenoxy) is 2. The van der Waals surface area contributed by atoms with Gasteiger partial charge in [0.25, 0.3) is 0 Å². The van der Waals surface area contributed by atoms with E-state index in [1.807, 2.05) is 23.1 Å². The molecule has 2 heterocycles. The Balaban J connectivity index is 1.43. The molecule has 3 rings (SSSR count). The molecule has 1 saturated heterocycles. The van der Waals surface area contributed by atoms with Gasteiger partial charge >= 0.3 is 0 Å². The highest BCUT2D eigenvalue weighted by Gasteiger charge is 2.19. The molecule has 23 heavy (non-hydrogen) atoms. The van der Waals surface area contributed by atoms with Crippen LogP contribution in [-0.2, 0) is 16.0 Å². The Morgan fingerprint density at radius 1 is 1.13 bits per heavy atom. The number of hydrogen-bond donors (Lipinski definition) is 1. The van der Waals surface area contributed by atoms with Gasteiger partial charge in [-0.3, -0.25) is 9.59 Å².